The molecule has 1 aliphatic rings. The Bertz CT molecular complexity index is 870. The lowest BCUT2D eigenvalue weighted by molar-refractivity contribution is -0.105. The van der Waals surface area contributed by atoms with Crippen LogP contribution in [0.25, 0.3) is 16.5 Å². The molecule has 0 radical (unpaired) electrons. The first-order chi connectivity index (χ1) is 11.9. The molecule has 8 nitrogen and oxygen atoms in total. The van der Waals surface area contributed by atoms with Crippen molar-refractivity contribution in [3.8, 4) is 5.75 Å². The molecule has 0 unspecified atom stereocenters. The number of H-pyrrole nitrogens is 1. The van der Waals surface area contributed by atoms with E-state index in [1.807, 2.05) is 6.08 Å². The smallest absolute Gasteiger partial charge is 0.401 e. The van der Waals surface area contributed by atoms with Gasteiger partial charge in [-0.1, -0.05) is 19.1 Å². The van der Waals surface area contributed by atoms with Crippen LogP contribution >= 0.6 is 7.82 Å². The van der Waals surface area contributed by atoms with Gasteiger partial charge in [-0.15, -0.1) is 0 Å². The van der Waals surface area contributed by atoms with E-state index in [0.717, 1.165) is 31.6 Å². The number of benzene rings is 1. The number of likely N-dealkylation sites (N-methyl/N-ethyl adjacent to an activating group) is 1. The fourth-order valence-electron chi connectivity index (χ4n) is 3.04. The Morgan fingerprint density at radius 3 is 2.84 bits per heavy atom. The lowest BCUT2D eigenvalue weighted by Crippen LogP contribution is -2.28. The van der Waals surface area contributed by atoms with Crippen LogP contribution in [0, 0.1) is 0 Å². The van der Waals surface area contributed by atoms with Crippen LogP contribution in [0.1, 0.15) is 19.0 Å². The lowest BCUT2D eigenvalue weighted by atomic mass is 10.0. The topological polar surface area (TPSA) is 115 Å². The van der Waals surface area contributed by atoms with Crippen LogP contribution in [0.2, 0.25) is 0 Å². The van der Waals surface area contributed by atoms with Crippen molar-refractivity contribution in [1.82, 2.24) is 9.88 Å². The molecule has 25 heavy (non-hydrogen) atoms. The van der Waals surface area contributed by atoms with Gasteiger partial charge in [0, 0.05) is 18.5 Å². The van der Waals surface area contributed by atoms with Crippen molar-refractivity contribution in [1.29, 1.82) is 0 Å². The molecule has 2 heterocycles. The molecule has 0 atom stereocenters. The summed E-state index contributed by atoms with van der Waals surface area (Å²) >= 11 is 0. The Kier molecular flexibility index (Phi) is 4.96. The highest BCUT2D eigenvalue weighted by molar-refractivity contribution is 7.46. The van der Waals surface area contributed by atoms with Crippen molar-refractivity contribution in [2.24, 2.45) is 0 Å². The molecule has 0 spiro atoms. The number of phosphoric ester groups is 1. The van der Waals surface area contributed by atoms with E-state index in [2.05, 4.69) is 22.1 Å². The van der Waals surface area contributed by atoms with Gasteiger partial charge >= 0.3 is 7.82 Å². The molecule has 4 N–H and O–H groups in total. The number of para-hydroxylation sites is 1. The average molecular weight is 365 g/mol. The van der Waals surface area contributed by atoms with E-state index in [0.29, 0.717) is 28.7 Å². The van der Waals surface area contributed by atoms with E-state index < -0.39 is 7.82 Å². The first-order valence-corrected chi connectivity index (χ1v) is 9.47. The van der Waals surface area contributed by atoms with Gasteiger partial charge in [0.1, 0.15) is 0 Å². The molecule has 2 aromatic rings. The maximum atomic E-state index is 11.4. The molecule has 9 heteroatoms. The van der Waals surface area contributed by atoms with E-state index in [1.54, 1.807) is 18.2 Å². The fourth-order valence-corrected chi connectivity index (χ4v) is 3.47. The quantitative estimate of drug-likeness (QED) is 0.461. The molecule has 1 amide bonds. The summed E-state index contributed by atoms with van der Waals surface area (Å²) in [5.41, 5.74) is 2.54. The second-order valence-electron chi connectivity index (χ2n) is 5.77. The number of hydrogen-bond donors (Lipinski definition) is 4. The van der Waals surface area contributed by atoms with Crippen LogP contribution in [-0.2, 0) is 9.36 Å². The third kappa shape index (κ3) is 3.77. The number of aromatic amines is 1. The fraction of sp³-hybridized carbons (Fsp3) is 0.312. The van der Waals surface area contributed by atoms with Gasteiger partial charge in [0.25, 0.3) is 0 Å². The predicted octanol–water partition coefficient (Wildman–Crippen LogP) is 2.32. The standard InChI is InChI=1S/C16H20N3O5P/c1-2-19-8-6-11(7-9-19)14-16(24-25(21,22)23)12-4-3-5-13(17-10-20)15(12)18-14/h3-6,10,18H,2,7-9H2,1H3,(H,17,20)(H2,21,22,23). The van der Waals surface area contributed by atoms with E-state index in [-0.39, 0.29) is 5.75 Å². The summed E-state index contributed by atoms with van der Waals surface area (Å²) in [6.45, 7) is 4.64. The minimum absolute atomic E-state index is 0.106. The highest BCUT2D eigenvalue weighted by Gasteiger charge is 2.26. The largest absolute Gasteiger partial charge is 0.524 e. The number of carbonyl (C=O) groups is 1. The molecule has 1 aliphatic heterocycles. The normalized spacial score (nSPS) is 15.9. The Labute approximate surface area is 144 Å². The Morgan fingerprint density at radius 1 is 1.44 bits per heavy atom. The molecule has 0 saturated carbocycles. The number of hydrogen-bond acceptors (Lipinski definition) is 4. The molecule has 1 aromatic carbocycles. The summed E-state index contributed by atoms with van der Waals surface area (Å²) in [5, 5.41) is 3.09. The van der Waals surface area contributed by atoms with Crippen LogP contribution in [0.3, 0.4) is 0 Å². The van der Waals surface area contributed by atoms with Crippen molar-refractivity contribution in [2.75, 3.05) is 25.0 Å². The summed E-state index contributed by atoms with van der Waals surface area (Å²) in [7, 11) is -4.73. The van der Waals surface area contributed by atoms with Crippen molar-refractivity contribution in [2.45, 2.75) is 13.3 Å². The van der Waals surface area contributed by atoms with Gasteiger partial charge in [-0.25, -0.2) is 4.57 Å². The zero-order valence-electron chi connectivity index (χ0n) is 13.7. The van der Waals surface area contributed by atoms with Crippen molar-refractivity contribution in [3.63, 3.8) is 0 Å². The number of anilines is 1. The molecule has 3 rings (SSSR count). The first-order valence-electron chi connectivity index (χ1n) is 7.94. The van der Waals surface area contributed by atoms with Crippen LogP contribution in [0.5, 0.6) is 5.75 Å². The van der Waals surface area contributed by atoms with Gasteiger partial charge in [0.15, 0.2) is 5.75 Å². The Morgan fingerprint density at radius 2 is 2.24 bits per heavy atom. The molecule has 0 aliphatic carbocycles. The van der Waals surface area contributed by atoms with E-state index >= 15 is 0 Å². The average Bonchev–Trinajstić information content (AvgIpc) is 2.93. The zero-order chi connectivity index (χ0) is 18.0. The van der Waals surface area contributed by atoms with E-state index in [1.165, 1.54) is 0 Å². The van der Waals surface area contributed by atoms with Crippen LogP contribution < -0.4 is 9.84 Å². The molecular weight excluding hydrogens is 345 g/mol. The minimum Gasteiger partial charge on any atom is -0.401 e. The SMILES string of the molecule is CCN1CC=C(c2[nH]c3c(NC=O)cccc3c2OP(=O)(O)O)CC1. The molecule has 0 fully saturated rings. The van der Waals surface area contributed by atoms with Crippen LogP contribution in [0.15, 0.2) is 24.3 Å². The van der Waals surface area contributed by atoms with E-state index in [4.69, 9.17) is 4.52 Å². The minimum atomic E-state index is -4.73. The van der Waals surface area contributed by atoms with Gasteiger partial charge in [0.05, 0.1) is 16.9 Å². The third-order valence-electron chi connectivity index (χ3n) is 4.27. The number of aromatic nitrogens is 1. The van der Waals surface area contributed by atoms with Gasteiger partial charge in [-0.3, -0.25) is 19.5 Å². The molecule has 1 aromatic heterocycles. The summed E-state index contributed by atoms with van der Waals surface area (Å²) in [6.07, 6.45) is 3.31. The zero-order valence-corrected chi connectivity index (χ0v) is 14.6. The molecule has 0 bridgehead atoms. The summed E-state index contributed by atoms with van der Waals surface area (Å²) < 4.78 is 16.4. The number of carbonyl (C=O) groups excluding carboxylic acids is 1. The second-order valence-corrected chi connectivity index (χ2v) is 6.94. The highest BCUT2D eigenvalue weighted by Crippen LogP contribution is 2.46. The number of amides is 1. The number of rotatable bonds is 6. The van der Waals surface area contributed by atoms with Gasteiger partial charge in [-0.2, -0.15) is 0 Å². The highest BCUT2D eigenvalue weighted by atomic mass is 31.2. The Balaban J connectivity index is 2.14. The molecule has 134 valence electrons. The number of nitrogens with zero attached hydrogens (tertiary/aromatic N) is 1. The first kappa shape index (κ1) is 17.7. The van der Waals surface area contributed by atoms with Gasteiger partial charge < -0.3 is 14.8 Å². The van der Waals surface area contributed by atoms with Crippen LogP contribution in [-0.4, -0.2) is 45.7 Å². The predicted molar refractivity (Wildman–Crippen MR) is 95.4 cm³/mol. The van der Waals surface area contributed by atoms with Crippen LogP contribution in [0.4, 0.5) is 5.69 Å². The van der Waals surface area contributed by atoms with Gasteiger partial charge in [-0.05, 0) is 30.7 Å². The number of phosphoric acid groups is 1. The number of fused-ring (bicyclic) bond motifs is 1. The number of nitrogens with one attached hydrogen (secondary N) is 2. The van der Waals surface area contributed by atoms with Crippen molar-refractivity contribution < 1.29 is 23.7 Å². The van der Waals surface area contributed by atoms with Crippen molar-refractivity contribution >= 4 is 36.4 Å². The maximum absolute atomic E-state index is 11.4. The van der Waals surface area contributed by atoms with Crippen molar-refractivity contribution in [3.05, 3.63) is 30.0 Å². The maximum Gasteiger partial charge on any atom is 0.524 e. The second kappa shape index (κ2) is 7.01. The van der Waals surface area contributed by atoms with Gasteiger partial charge in [0.2, 0.25) is 6.41 Å². The molecule has 0 saturated heterocycles. The lowest BCUT2D eigenvalue weighted by Gasteiger charge is -2.24. The monoisotopic (exact) mass is 365 g/mol. The summed E-state index contributed by atoms with van der Waals surface area (Å²) in [5.74, 6) is 0.106. The third-order valence-corrected chi connectivity index (χ3v) is 4.69. The summed E-state index contributed by atoms with van der Waals surface area (Å²) in [6, 6.07) is 5.08. The van der Waals surface area contributed by atoms with E-state index in [9.17, 15) is 19.1 Å². The summed E-state index contributed by atoms with van der Waals surface area (Å²) in [4.78, 5) is 34.8. The Hall–Kier alpha value is -2.12. The molecular formula is C16H20N3O5P.